The smallest absolute Gasteiger partial charge is 0.358 e. The van der Waals surface area contributed by atoms with E-state index in [4.69, 9.17) is 9.63 Å². The van der Waals surface area contributed by atoms with Gasteiger partial charge >= 0.3 is 5.97 Å². The monoisotopic (exact) mass is 301 g/mol. The normalized spacial score (nSPS) is 11.0. The van der Waals surface area contributed by atoms with Crippen molar-refractivity contribution in [3.63, 3.8) is 0 Å². The van der Waals surface area contributed by atoms with Crippen LogP contribution in [-0.2, 0) is 13.1 Å². The zero-order valence-corrected chi connectivity index (χ0v) is 12.2. The van der Waals surface area contributed by atoms with Gasteiger partial charge < -0.3 is 9.63 Å². The molecule has 0 aromatic carbocycles. The van der Waals surface area contributed by atoms with Crippen LogP contribution in [0.3, 0.4) is 0 Å². The van der Waals surface area contributed by atoms with Gasteiger partial charge in [0.05, 0.1) is 24.0 Å². The third-order valence-electron chi connectivity index (χ3n) is 3.40. The van der Waals surface area contributed by atoms with Gasteiger partial charge in [-0.3, -0.25) is 9.36 Å². The van der Waals surface area contributed by atoms with Gasteiger partial charge in [0.1, 0.15) is 5.76 Å². The highest BCUT2D eigenvalue weighted by molar-refractivity contribution is 5.87. The van der Waals surface area contributed by atoms with Crippen molar-refractivity contribution in [2.24, 2.45) is 0 Å². The topological polar surface area (TPSA) is 99.0 Å². The Morgan fingerprint density at radius 3 is 2.91 bits per heavy atom. The second-order valence-electron chi connectivity index (χ2n) is 4.85. The fraction of sp³-hybridized carbons (Fsp3) is 0.286. The minimum atomic E-state index is -1.11. The van der Waals surface area contributed by atoms with Crippen molar-refractivity contribution in [3.05, 3.63) is 41.7 Å². The third kappa shape index (κ3) is 2.50. The second-order valence-corrected chi connectivity index (χ2v) is 4.85. The van der Waals surface area contributed by atoms with Crippen molar-refractivity contribution < 1.29 is 14.4 Å². The maximum atomic E-state index is 11.1. The summed E-state index contributed by atoms with van der Waals surface area (Å²) in [7, 11) is 0. The van der Waals surface area contributed by atoms with Gasteiger partial charge in [-0.2, -0.15) is 10.2 Å². The summed E-state index contributed by atoms with van der Waals surface area (Å²) in [6.07, 6.45) is 5.46. The highest BCUT2D eigenvalue weighted by atomic mass is 16.5. The van der Waals surface area contributed by atoms with Crippen molar-refractivity contribution in [1.29, 1.82) is 0 Å². The molecule has 0 aliphatic rings. The van der Waals surface area contributed by atoms with E-state index in [9.17, 15) is 4.79 Å². The number of aryl methyl sites for hydroxylation is 2. The summed E-state index contributed by atoms with van der Waals surface area (Å²) in [5.74, 6) is -0.628. The van der Waals surface area contributed by atoms with Crippen molar-refractivity contribution >= 4 is 5.97 Å². The predicted molar refractivity (Wildman–Crippen MR) is 76.4 cm³/mol. The molecular formula is C14H15N5O3. The van der Waals surface area contributed by atoms with Crippen LogP contribution in [-0.4, -0.2) is 35.8 Å². The van der Waals surface area contributed by atoms with Gasteiger partial charge in [-0.25, -0.2) is 4.79 Å². The van der Waals surface area contributed by atoms with Gasteiger partial charge in [-0.15, -0.1) is 0 Å². The molecular weight excluding hydrogens is 286 g/mol. The van der Waals surface area contributed by atoms with E-state index >= 15 is 0 Å². The average Bonchev–Trinajstić information content (AvgIpc) is 3.20. The molecule has 3 heterocycles. The first kappa shape index (κ1) is 14.1. The van der Waals surface area contributed by atoms with Crippen LogP contribution in [0.15, 0.2) is 29.2 Å². The molecule has 0 aliphatic carbocycles. The Morgan fingerprint density at radius 1 is 1.41 bits per heavy atom. The minimum absolute atomic E-state index is 0.0756. The molecule has 0 spiro atoms. The van der Waals surface area contributed by atoms with Crippen LogP contribution in [0, 0.1) is 6.92 Å². The fourth-order valence-electron chi connectivity index (χ4n) is 2.18. The standard InChI is InChI=1S/C14H15N5O3/c1-3-18-7-10(6-15-18)12-4-5-19(16-12)8-11-9(2)22-17-13(11)14(20)21/h4-7H,3,8H2,1-2H3,(H,20,21). The molecule has 114 valence electrons. The molecule has 0 aliphatic heterocycles. The van der Waals surface area contributed by atoms with Crippen LogP contribution < -0.4 is 0 Å². The zero-order valence-electron chi connectivity index (χ0n) is 12.2. The summed E-state index contributed by atoms with van der Waals surface area (Å²) in [4.78, 5) is 11.1. The number of aromatic carboxylic acids is 1. The zero-order chi connectivity index (χ0) is 15.7. The van der Waals surface area contributed by atoms with Crippen molar-refractivity contribution in [2.45, 2.75) is 26.9 Å². The SMILES string of the molecule is CCn1cc(-c2ccn(Cc3c(C(=O)O)noc3C)n2)cn1. The number of carboxylic acids is 1. The molecule has 0 radical (unpaired) electrons. The number of hydrogen-bond donors (Lipinski definition) is 1. The largest absolute Gasteiger partial charge is 0.476 e. The van der Waals surface area contributed by atoms with Crippen molar-refractivity contribution in [1.82, 2.24) is 24.7 Å². The molecule has 0 fully saturated rings. The molecule has 0 bridgehead atoms. The van der Waals surface area contributed by atoms with Gasteiger partial charge in [-0.1, -0.05) is 5.16 Å². The Labute approximate surface area is 126 Å². The van der Waals surface area contributed by atoms with Crippen LogP contribution >= 0.6 is 0 Å². The summed E-state index contributed by atoms with van der Waals surface area (Å²) in [6.45, 7) is 4.78. The maximum Gasteiger partial charge on any atom is 0.358 e. The lowest BCUT2D eigenvalue weighted by atomic mass is 10.2. The first-order valence-corrected chi connectivity index (χ1v) is 6.83. The quantitative estimate of drug-likeness (QED) is 0.771. The second kappa shape index (κ2) is 5.47. The third-order valence-corrected chi connectivity index (χ3v) is 3.40. The summed E-state index contributed by atoms with van der Waals surface area (Å²) in [6, 6.07) is 1.86. The predicted octanol–water partition coefficient (Wildman–Crippen LogP) is 1.81. The molecule has 8 heteroatoms. The number of aromatic nitrogens is 5. The van der Waals surface area contributed by atoms with Crippen LogP contribution in [0.4, 0.5) is 0 Å². The van der Waals surface area contributed by atoms with E-state index < -0.39 is 5.97 Å². The number of carbonyl (C=O) groups is 1. The fourth-order valence-corrected chi connectivity index (χ4v) is 2.18. The minimum Gasteiger partial charge on any atom is -0.476 e. The first-order valence-electron chi connectivity index (χ1n) is 6.83. The number of carboxylic acid groups (broad SMARTS) is 1. The summed E-state index contributed by atoms with van der Waals surface area (Å²) in [5.41, 5.74) is 2.14. The van der Waals surface area contributed by atoms with E-state index in [1.54, 1.807) is 24.0 Å². The number of nitrogens with zero attached hydrogens (tertiary/aromatic N) is 5. The Morgan fingerprint density at radius 2 is 2.23 bits per heavy atom. The van der Waals surface area contributed by atoms with E-state index in [1.807, 2.05) is 23.9 Å². The van der Waals surface area contributed by atoms with Crippen LogP contribution in [0.2, 0.25) is 0 Å². The van der Waals surface area contributed by atoms with Gasteiger partial charge in [0.2, 0.25) is 0 Å². The average molecular weight is 301 g/mol. The molecule has 22 heavy (non-hydrogen) atoms. The highest BCUT2D eigenvalue weighted by Gasteiger charge is 2.19. The number of hydrogen-bond acceptors (Lipinski definition) is 5. The molecule has 1 N–H and O–H groups in total. The molecule has 3 rings (SSSR count). The van der Waals surface area contributed by atoms with Crippen molar-refractivity contribution in [3.8, 4) is 11.3 Å². The lowest BCUT2D eigenvalue weighted by molar-refractivity contribution is 0.0684. The molecule has 3 aromatic rings. The van der Waals surface area contributed by atoms with Crippen LogP contribution in [0.25, 0.3) is 11.3 Å². The molecule has 0 unspecified atom stereocenters. The van der Waals surface area contributed by atoms with E-state index in [1.165, 1.54) is 0 Å². The van der Waals surface area contributed by atoms with E-state index in [0.29, 0.717) is 17.9 Å². The van der Waals surface area contributed by atoms with E-state index in [0.717, 1.165) is 17.8 Å². The maximum absolute atomic E-state index is 11.1. The summed E-state index contributed by atoms with van der Waals surface area (Å²) >= 11 is 0. The Bertz CT molecular complexity index is 814. The van der Waals surface area contributed by atoms with Gasteiger partial charge in [0.25, 0.3) is 0 Å². The first-order chi connectivity index (χ1) is 10.6. The van der Waals surface area contributed by atoms with Crippen molar-refractivity contribution in [2.75, 3.05) is 0 Å². The molecule has 8 nitrogen and oxygen atoms in total. The Balaban J connectivity index is 1.86. The van der Waals surface area contributed by atoms with Gasteiger partial charge in [-0.05, 0) is 19.9 Å². The van der Waals surface area contributed by atoms with Crippen LogP contribution in [0.1, 0.15) is 28.7 Å². The molecule has 3 aromatic heterocycles. The molecule has 0 atom stereocenters. The summed E-state index contributed by atoms with van der Waals surface area (Å²) < 4.78 is 8.43. The lowest BCUT2D eigenvalue weighted by Gasteiger charge is -2.00. The lowest BCUT2D eigenvalue weighted by Crippen LogP contribution is -2.07. The molecule has 0 saturated heterocycles. The van der Waals surface area contributed by atoms with Crippen LogP contribution in [0.5, 0.6) is 0 Å². The summed E-state index contributed by atoms with van der Waals surface area (Å²) in [5, 5.41) is 21.3. The Kier molecular flexibility index (Phi) is 3.50. The van der Waals surface area contributed by atoms with E-state index in [2.05, 4.69) is 15.4 Å². The molecule has 0 saturated carbocycles. The van der Waals surface area contributed by atoms with Gasteiger partial charge in [0.15, 0.2) is 5.69 Å². The number of rotatable bonds is 5. The Hall–Kier alpha value is -2.90. The van der Waals surface area contributed by atoms with Gasteiger partial charge in [0, 0.05) is 24.5 Å². The van der Waals surface area contributed by atoms with E-state index in [-0.39, 0.29) is 5.69 Å². The molecule has 0 amide bonds. The highest BCUT2D eigenvalue weighted by Crippen LogP contribution is 2.18.